The van der Waals surface area contributed by atoms with Gasteiger partial charge in [0.1, 0.15) is 10.8 Å². The molecule has 3 aromatic carbocycles. The van der Waals surface area contributed by atoms with Crippen LogP contribution in [0.2, 0.25) is 5.02 Å². The molecule has 0 unspecified atom stereocenters. The van der Waals surface area contributed by atoms with Crippen LogP contribution in [0.15, 0.2) is 60.7 Å². The topological polar surface area (TPSA) is 46.2 Å². The first-order valence-corrected chi connectivity index (χ1v) is 10.5. The van der Waals surface area contributed by atoms with Crippen molar-refractivity contribution in [2.45, 2.75) is 6.92 Å². The van der Waals surface area contributed by atoms with Gasteiger partial charge in [0.25, 0.3) is 0 Å². The predicted molar refractivity (Wildman–Crippen MR) is 128 cm³/mol. The lowest BCUT2D eigenvalue weighted by Gasteiger charge is -2.14. The maximum atomic E-state index is 6.07. The highest BCUT2D eigenvalue weighted by atomic mass is 35.5. The van der Waals surface area contributed by atoms with E-state index in [9.17, 15) is 0 Å². The number of aromatic nitrogens is 1. The molecule has 4 aromatic rings. The van der Waals surface area contributed by atoms with Gasteiger partial charge in [-0.25, -0.2) is 4.98 Å². The van der Waals surface area contributed by atoms with E-state index >= 15 is 0 Å². The van der Waals surface area contributed by atoms with Crippen molar-refractivity contribution >= 4 is 61.9 Å². The van der Waals surface area contributed by atoms with E-state index in [1.807, 2.05) is 24.3 Å². The third-order valence-electron chi connectivity index (χ3n) is 4.34. The van der Waals surface area contributed by atoms with Gasteiger partial charge in [0.05, 0.1) is 23.0 Å². The number of hydrogen-bond donors (Lipinski definition) is 2. The van der Waals surface area contributed by atoms with Crippen molar-refractivity contribution in [3.8, 4) is 16.3 Å². The number of thiazole rings is 1. The molecule has 0 aliphatic heterocycles. The van der Waals surface area contributed by atoms with Crippen LogP contribution in [0.4, 0.5) is 11.4 Å². The van der Waals surface area contributed by atoms with Gasteiger partial charge in [-0.05, 0) is 79.3 Å². The summed E-state index contributed by atoms with van der Waals surface area (Å²) in [7, 11) is 1.60. The predicted octanol–water partition coefficient (Wildman–Crippen LogP) is 6.74. The van der Waals surface area contributed by atoms with Crippen LogP contribution in [0, 0.1) is 6.92 Å². The van der Waals surface area contributed by atoms with Crippen molar-refractivity contribution in [1.29, 1.82) is 0 Å². The van der Waals surface area contributed by atoms with Gasteiger partial charge in [-0.3, -0.25) is 0 Å². The Kier molecular flexibility index (Phi) is 5.67. The molecule has 0 aliphatic carbocycles. The fourth-order valence-corrected chi connectivity index (χ4v) is 4.38. The summed E-state index contributed by atoms with van der Waals surface area (Å²) in [4.78, 5) is 4.73. The summed E-state index contributed by atoms with van der Waals surface area (Å²) in [5.41, 5.74) is 4.93. The van der Waals surface area contributed by atoms with Gasteiger partial charge >= 0.3 is 0 Å². The minimum atomic E-state index is 0.453. The number of fused-ring (bicyclic) bond motifs is 1. The molecule has 0 radical (unpaired) electrons. The maximum Gasteiger partial charge on any atom is 0.175 e. The highest BCUT2D eigenvalue weighted by molar-refractivity contribution is 7.80. The third-order valence-corrected chi connectivity index (χ3v) is 5.85. The van der Waals surface area contributed by atoms with Crippen LogP contribution in [-0.2, 0) is 0 Å². The average Bonchev–Trinajstić information content (AvgIpc) is 3.12. The number of nitrogens with zero attached hydrogens (tertiary/aromatic N) is 1. The Balaban J connectivity index is 1.47. The monoisotopic (exact) mass is 439 g/mol. The number of methoxy groups -OCH3 is 1. The van der Waals surface area contributed by atoms with Gasteiger partial charge in [0, 0.05) is 16.3 Å². The number of aryl methyl sites for hydroxylation is 1. The Morgan fingerprint density at radius 1 is 1.03 bits per heavy atom. The van der Waals surface area contributed by atoms with Crippen LogP contribution in [0.1, 0.15) is 5.56 Å². The van der Waals surface area contributed by atoms with Crippen molar-refractivity contribution in [1.82, 2.24) is 4.98 Å². The van der Waals surface area contributed by atoms with E-state index in [2.05, 4.69) is 35.8 Å². The first-order valence-electron chi connectivity index (χ1n) is 8.91. The van der Waals surface area contributed by atoms with Crippen molar-refractivity contribution in [2.75, 3.05) is 17.7 Å². The molecular formula is C22H18ClN3OS2. The van der Waals surface area contributed by atoms with Crippen LogP contribution in [0.25, 0.3) is 20.8 Å². The maximum absolute atomic E-state index is 6.07. The number of benzene rings is 3. The first-order chi connectivity index (χ1) is 14.0. The summed E-state index contributed by atoms with van der Waals surface area (Å²) < 4.78 is 6.53. The first kappa shape index (κ1) is 19.6. The lowest BCUT2D eigenvalue weighted by atomic mass is 10.2. The molecule has 1 heterocycles. The quantitative estimate of drug-likeness (QED) is 0.344. The van der Waals surface area contributed by atoms with Crippen molar-refractivity contribution in [2.24, 2.45) is 0 Å². The Morgan fingerprint density at radius 3 is 2.59 bits per heavy atom. The van der Waals surface area contributed by atoms with Crippen molar-refractivity contribution < 1.29 is 4.74 Å². The normalized spacial score (nSPS) is 10.7. The molecule has 4 nitrogen and oxygen atoms in total. The van der Waals surface area contributed by atoms with Gasteiger partial charge in [-0.15, -0.1) is 11.3 Å². The molecule has 0 fully saturated rings. The van der Waals surface area contributed by atoms with Gasteiger partial charge in [-0.1, -0.05) is 17.7 Å². The van der Waals surface area contributed by atoms with E-state index in [0.717, 1.165) is 21.8 Å². The third kappa shape index (κ3) is 4.50. The Labute approximate surface area is 183 Å². The average molecular weight is 440 g/mol. The summed E-state index contributed by atoms with van der Waals surface area (Å²) in [6.07, 6.45) is 0. The largest absolute Gasteiger partial charge is 0.495 e. The standard InChI is InChI=1S/C22H18ClN3OS2/c1-13-3-9-17-20(11-13)29-21(25-17)14-4-7-16(8-5-14)24-22(28)26-18-12-15(23)6-10-19(18)27-2/h3-12H,1-2H3,(H2,24,26,28). The molecule has 7 heteroatoms. The second-order valence-corrected chi connectivity index (χ2v) is 8.37. The molecule has 146 valence electrons. The zero-order valence-corrected chi connectivity index (χ0v) is 18.2. The molecule has 2 N–H and O–H groups in total. The number of thiocarbonyl (C=S) groups is 1. The summed E-state index contributed by atoms with van der Waals surface area (Å²) >= 11 is 13.2. The van der Waals surface area contributed by atoms with E-state index in [1.54, 1.807) is 36.6 Å². The number of ether oxygens (including phenoxy) is 1. The van der Waals surface area contributed by atoms with E-state index in [1.165, 1.54) is 10.3 Å². The zero-order chi connectivity index (χ0) is 20.4. The van der Waals surface area contributed by atoms with Crippen LogP contribution in [0.5, 0.6) is 5.75 Å². The fourth-order valence-electron chi connectivity index (χ4n) is 2.91. The number of hydrogen-bond acceptors (Lipinski definition) is 4. The molecule has 0 atom stereocenters. The molecule has 0 aliphatic rings. The highest BCUT2D eigenvalue weighted by Gasteiger charge is 2.08. The van der Waals surface area contributed by atoms with Gasteiger partial charge in [-0.2, -0.15) is 0 Å². The SMILES string of the molecule is COc1ccc(Cl)cc1NC(=S)Nc1ccc(-c2nc3ccc(C)cc3s2)cc1. The smallest absolute Gasteiger partial charge is 0.175 e. The number of anilines is 2. The van der Waals surface area contributed by atoms with Crippen molar-refractivity contribution in [3.05, 3.63) is 71.2 Å². The molecule has 1 aromatic heterocycles. The molecule has 0 saturated heterocycles. The molecular weight excluding hydrogens is 422 g/mol. The molecule has 4 rings (SSSR count). The molecule has 29 heavy (non-hydrogen) atoms. The minimum Gasteiger partial charge on any atom is -0.495 e. The van der Waals surface area contributed by atoms with Gasteiger partial charge in [0.15, 0.2) is 5.11 Å². The van der Waals surface area contributed by atoms with E-state index in [-0.39, 0.29) is 0 Å². The second-order valence-electron chi connectivity index (χ2n) is 6.49. The highest BCUT2D eigenvalue weighted by Crippen LogP contribution is 2.31. The Morgan fingerprint density at radius 2 is 1.83 bits per heavy atom. The summed E-state index contributed by atoms with van der Waals surface area (Å²) in [5, 5.41) is 8.36. The molecule has 0 spiro atoms. The van der Waals surface area contributed by atoms with Crippen molar-refractivity contribution in [3.63, 3.8) is 0 Å². The number of rotatable bonds is 4. The van der Waals surface area contributed by atoms with E-state index < -0.39 is 0 Å². The van der Waals surface area contributed by atoms with E-state index in [0.29, 0.717) is 21.6 Å². The summed E-state index contributed by atoms with van der Waals surface area (Å²) in [6.45, 7) is 2.09. The lowest BCUT2D eigenvalue weighted by Crippen LogP contribution is -2.19. The summed E-state index contributed by atoms with van der Waals surface area (Å²) in [5.74, 6) is 0.667. The Hall–Kier alpha value is -2.67. The van der Waals surface area contributed by atoms with E-state index in [4.69, 9.17) is 33.5 Å². The van der Waals surface area contributed by atoms with Gasteiger partial charge < -0.3 is 15.4 Å². The van der Waals surface area contributed by atoms with Crippen LogP contribution >= 0.6 is 35.2 Å². The molecule has 0 bridgehead atoms. The molecule has 0 saturated carbocycles. The van der Waals surface area contributed by atoms with Crippen LogP contribution in [0.3, 0.4) is 0 Å². The number of nitrogens with one attached hydrogen (secondary N) is 2. The minimum absolute atomic E-state index is 0.453. The van der Waals surface area contributed by atoms with Gasteiger partial charge in [0.2, 0.25) is 0 Å². The Bertz CT molecular complexity index is 1190. The lowest BCUT2D eigenvalue weighted by molar-refractivity contribution is 0.417. The molecule has 0 amide bonds. The van der Waals surface area contributed by atoms with Crippen LogP contribution in [-0.4, -0.2) is 17.2 Å². The fraction of sp³-hybridized carbons (Fsp3) is 0.0909. The zero-order valence-electron chi connectivity index (χ0n) is 15.8. The number of halogens is 1. The summed E-state index contributed by atoms with van der Waals surface area (Å²) in [6, 6.07) is 19.7. The second kappa shape index (κ2) is 8.37. The van der Waals surface area contributed by atoms with Crippen LogP contribution < -0.4 is 15.4 Å².